The second-order valence-corrected chi connectivity index (χ2v) is 12.3. The van der Waals surface area contributed by atoms with Gasteiger partial charge in [-0.2, -0.15) is 0 Å². The molecule has 0 fully saturated rings. The number of hydrogen-bond donors (Lipinski definition) is 0. The van der Waals surface area contributed by atoms with Crippen LogP contribution >= 0.6 is 23.1 Å². The third kappa shape index (κ3) is 5.17. The molecule has 0 saturated carbocycles. The topological polar surface area (TPSA) is 44.1 Å². The van der Waals surface area contributed by atoms with E-state index in [2.05, 4.69) is 27.7 Å². The number of thioether (sulfide) groups is 1. The van der Waals surface area contributed by atoms with Crippen molar-refractivity contribution in [2.24, 2.45) is 11.3 Å². The maximum atomic E-state index is 13.9. The summed E-state index contributed by atoms with van der Waals surface area (Å²) < 4.78 is 7.16. The van der Waals surface area contributed by atoms with Crippen molar-refractivity contribution in [3.63, 3.8) is 0 Å². The molecule has 2 aromatic heterocycles. The summed E-state index contributed by atoms with van der Waals surface area (Å²) in [6, 6.07) is 7.75. The second kappa shape index (κ2) is 10.2. The van der Waals surface area contributed by atoms with Crippen molar-refractivity contribution in [1.29, 1.82) is 0 Å². The lowest BCUT2D eigenvalue weighted by Crippen LogP contribution is -2.27. The summed E-state index contributed by atoms with van der Waals surface area (Å²) in [5.41, 5.74) is 2.46. The number of aryl methyl sites for hydroxylation is 1. The Morgan fingerprint density at radius 3 is 2.61 bits per heavy atom. The number of benzene rings is 1. The van der Waals surface area contributed by atoms with Crippen molar-refractivity contribution < 1.29 is 4.74 Å². The molecular weight excluding hydrogens is 448 g/mol. The molecule has 0 unspecified atom stereocenters. The Morgan fingerprint density at radius 2 is 1.94 bits per heavy atom. The number of thiophene rings is 1. The predicted octanol–water partition coefficient (Wildman–Crippen LogP) is 7.28. The molecule has 33 heavy (non-hydrogen) atoms. The van der Waals surface area contributed by atoms with Gasteiger partial charge in [0, 0.05) is 10.6 Å². The molecular formula is C27H36N2O2S2. The van der Waals surface area contributed by atoms with E-state index in [1.165, 1.54) is 29.7 Å². The molecule has 4 nitrogen and oxygen atoms in total. The summed E-state index contributed by atoms with van der Waals surface area (Å²) >= 11 is 3.46. The number of methoxy groups -OCH3 is 1. The van der Waals surface area contributed by atoms with E-state index < -0.39 is 0 Å². The normalized spacial score (nSPS) is 16.2. The molecule has 0 spiro atoms. The first-order valence-corrected chi connectivity index (χ1v) is 14.0. The van der Waals surface area contributed by atoms with Gasteiger partial charge in [0.25, 0.3) is 5.56 Å². The average Bonchev–Trinajstić information content (AvgIpc) is 3.16. The lowest BCUT2D eigenvalue weighted by molar-refractivity contribution is 0.218. The van der Waals surface area contributed by atoms with Gasteiger partial charge in [-0.15, -0.1) is 11.3 Å². The number of hydrogen-bond acceptors (Lipinski definition) is 5. The fraction of sp³-hybridized carbons (Fsp3) is 0.556. The number of fused-ring (bicyclic) bond motifs is 3. The fourth-order valence-electron chi connectivity index (χ4n) is 4.69. The lowest BCUT2D eigenvalue weighted by atomic mass is 9.72. The van der Waals surface area contributed by atoms with E-state index in [4.69, 9.17) is 9.72 Å². The van der Waals surface area contributed by atoms with E-state index in [-0.39, 0.29) is 11.0 Å². The molecule has 2 heterocycles. The minimum atomic E-state index is 0.0768. The van der Waals surface area contributed by atoms with Gasteiger partial charge in [0.2, 0.25) is 0 Å². The number of rotatable bonds is 8. The van der Waals surface area contributed by atoms with E-state index in [9.17, 15) is 4.79 Å². The first-order chi connectivity index (χ1) is 15.8. The summed E-state index contributed by atoms with van der Waals surface area (Å²) in [5, 5.41) is 1.65. The van der Waals surface area contributed by atoms with Gasteiger partial charge in [-0.1, -0.05) is 58.7 Å². The van der Waals surface area contributed by atoms with Crippen LogP contribution in [-0.4, -0.2) is 22.4 Å². The zero-order valence-electron chi connectivity index (χ0n) is 20.6. The van der Waals surface area contributed by atoms with E-state index >= 15 is 0 Å². The van der Waals surface area contributed by atoms with Crippen molar-refractivity contribution in [2.45, 2.75) is 77.8 Å². The quantitative estimate of drug-likeness (QED) is 0.191. The van der Waals surface area contributed by atoms with Gasteiger partial charge in [0.05, 0.1) is 18.2 Å². The van der Waals surface area contributed by atoms with E-state index in [1.807, 2.05) is 28.8 Å². The standard InChI is InChI=1S/C27H36N2O2S2/c1-6-7-8-9-16-32-26-28-24-23(21-15-10-18(27(2,3)4)17-22(21)33-24)25(30)29(26)19-11-13-20(31-5)14-12-19/h11-14,18H,6-10,15-17H2,1-5H3/t18-/m1/s1. The van der Waals surface area contributed by atoms with Gasteiger partial charge in [0.1, 0.15) is 10.6 Å². The van der Waals surface area contributed by atoms with Crippen LogP contribution in [0.15, 0.2) is 34.2 Å². The van der Waals surface area contributed by atoms with Crippen molar-refractivity contribution in [3.8, 4) is 11.4 Å². The number of ether oxygens (including phenoxy) is 1. The SMILES string of the molecule is CCCCCCSc1nc2sc3c(c2c(=O)n1-c1ccc(OC)cc1)CC[C@@H](C(C)(C)C)C3. The molecule has 1 atom stereocenters. The van der Waals surface area contributed by atoms with Crippen molar-refractivity contribution in [3.05, 3.63) is 45.1 Å². The summed E-state index contributed by atoms with van der Waals surface area (Å²) in [6.45, 7) is 9.22. The maximum absolute atomic E-state index is 13.9. The molecule has 0 amide bonds. The van der Waals surface area contributed by atoms with Crippen LogP contribution in [0.5, 0.6) is 5.75 Å². The Labute approximate surface area is 205 Å². The number of nitrogens with zero attached hydrogens (tertiary/aromatic N) is 2. The van der Waals surface area contributed by atoms with E-state index in [1.54, 1.807) is 30.2 Å². The second-order valence-electron chi connectivity index (χ2n) is 10.1. The van der Waals surface area contributed by atoms with Gasteiger partial charge in [-0.3, -0.25) is 9.36 Å². The number of unbranched alkanes of at least 4 members (excludes halogenated alkanes) is 3. The Bertz CT molecular complexity index is 1160. The third-order valence-electron chi connectivity index (χ3n) is 6.84. The van der Waals surface area contributed by atoms with Gasteiger partial charge in [0.15, 0.2) is 5.16 Å². The smallest absolute Gasteiger partial charge is 0.267 e. The largest absolute Gasteiger partial charge is 0.497 e. The van der Waals surface area contributed by atoms with Crippen molar-refractivity contribution in [1.82, 2.24) is 9.55 Å². The zero-order valence-corrected chi connectivity index (χ0v) is 22.2. The molecule has 0 radical (unpaired) electrons. The van der Waals surface area contributed by atoms with E-state index in [0.29, 0.717) is 5.92 Å². The molecule has 4 rings (SSSR count). The Hall–Kier alpha value is -1.79. The van der Waals surface area contributed by atoms with Gasteiger partial charge >= 0.3 is 0 Å². The van der Waals surface area contributed by atoms with E-state index in [0.717, 1.165) is 58.2 Å². The average molecular weight is 485 g/mol. The fourth-order valence-corrected chi connectivity index (χ4v) is 7.05. The molecule has 0 saturated heterocycles. The van der Waals surface area contributed by atoms with Crippen LogP contribution in [0.2, 0.25) is 0 Å². The summed E-state index contributed by atoms with van der Waals surface area (Å²) in [6.07, 6.45) is 8.01. The van der Waals surface area contributed by atoms with Crippen LogP contribution in [0.4, 0.5) is 0 Å². The van der Waals surface area contributed by atoms with Gasteiger partial charge < -0.3 is 4.74 Å². The Balaban J connectivity index is 1.78. The van der Waals surface area contributed by atoms with Crippen molar-refractivity contribution in [2.75, 3.05) is 12.9 Å². The molecule has 1 aliphatic carbocycles. The molecule has 1 aliphatic rings. The summed E-state index contributed by atoms with van der Waals surface area (Å²) in [5.74, 6) is 2.41. The highest BCUT2D eigenvalue weighted by Crippen LogP contribution is 2.42. The highest BCUT2D eigenvalue weighted by Gasteiger charge is 2.32. The summed E-state index contributed by atoms with van der Waals surface area (Å²) in [4.78, 5) is 21.3. The molecule has 3 aromatic rings. The first kappa shape index (κ1) is 24.3. The van der Waals surface area contributed by atoms with Crippen molar-refractivity contribution >= 4 is 33.3 Å². The highest BCUT2D eigenvalue weighted by molar-refractivity contribution is 7.99. The first-order valence-electron chi connectivity index (χ1n) is 12.2. The van der Waals surface area contributed by atoms with Gasteiger partial charge in [-0.05, 0) is 66.8 Å². The summed E-state index contributed by atoms with van der Waals surface area (Å²) in [7, 11) is 1.66. The minimum absolute atomic E-state index is 0.0768. The Morgan fingerprint density at radius 1 is 1.18 bits per heavy atom. The van der Waals surface area contributed by atoms with Crippen LogP contribution in [-0.2, 0) is 12.8 Å². The molecule has 1 aromatic carbocycles. The molecule has 0 bridgehead atoms. The van der Waals surface area contributed by atoms with Crippen LogP contribution in [0.25, 0.3) is 15.9 Å². The van der Waals surface area contributed by atoms with Crippen LogP contribution in [0, 0.1) is 11.3 Å². The van der Waals surface area contributed by atoms with Crippen LogP contribution in [0.1, 0.15) is 70.2 Å². The minimum Gasteiger partial charge on any atom is -0.497 e. The zero-order chi connectivity index (χ0) is 23.6. The highest BCUT2D eigenvalue weighted by atomic mass is 32.2. The third-order valence-corrected chi connectivity index (χ3v) is 9.01. The maximum Gasteiger partial charge on any atom is 0.267 e. The Kier molecular flexibility index (Phi) is 7.54. The lowest BCUT2D eigenvalue weighted by Gasteiger charge is -2.33. The molecule has 0 N–H and O–H groups in total. The monoisotopic (exact) mass is 484 g/mol. The predicted molar refractivity (Wildman–Crippen MR) is 142 cm³/mol. The number of aromatic nitrogens is 2. The van der Waals surface area contributed by atoms with Crippen LogP contribution in [0.3, 0.4) is 0 Å². The van der Waals surface area contributed by atoms with Crippen LogP contribution < -0.4 is 10.3 Å². The molecule has 178 valence electrons. The molecule has 6 heteroatoms. The van der Waals surface area contributed by atoms with Gasteiger partial charge in [-0.25, -0.2) is 4.98 Å². The molecule has 0 aliphatic heterocycles.